The van der Waals surface area contributed by atoms with Crippen molar-refractivity contribution in [2.75, 3.05) is 19.0 Å². The molecule has 4 nitrogen and oxygen atoms in total. The SMILES string of the molecule is COc1ccc(Cl)c(NCC(=O)NC(C)(C)C)c1. The van der Waals surface area contributed by atoms with Crippen LogP contribution in [0, 0.1) is 0 Å². The zero-order chi connectivity index (χ0) is 13.8. The van der Waals surface area contributed by atoms with Crippen LogP contribution in [-0.2, 0) is 4.79 Å². The highest BCUT2D eigenvalue weighted by Gasteiger charge is 2.13. The predicted molar refractivity (Wildman–Crippen MR) is 74.4 cm³/mol. The fourth-order valence-corrected chi connectivity index (χ4v) is 1.59. The Morgan fingerprint density at radius 2 is 2.06 bits per heavy atom. The standard InChI is InChI=1S/C13H19ClN2O2/c1-13(2,3)16-12(17)8-15-11-7-9(18-4)5-6-10(11)14/h5-7,15H,8H2,1-4H3,(H,16,17). The van der Waals surface area contributed by atoms with E-state index in [1.54, 1.807) is 25.3 Å². The van der Waals surface area contributed by atoms with Crippen molar-refractivity contribution in [1.29, 1.82) is 0 Å². The van der Waals surface area contributed by atoms with Crippen molar-refractivity contribution in [1.82, 2.24) is 5.32 Å². The van der Waals surface area contributed by atoms with E-state index in [1.807, 2.05) is 20.8 Å². The number of rotatable bonds is 4. The zero-order valence-corrected chi connectivity index (χ0v) is 11.9. The molecule has 0 heterocycles. The Kier molecular flexibility index (Phi) is 4.84. The van der Waals surface area contributed by atoms with E-state index in [9.17, 15) is 4.79 Å². The molecule has 1 aromatic rings. The molecule has 0 aromatic heterocycles. The van der Waals surface area contributed by atoms with Crippen LogP contribution >= 0.6 is 11.6 Å². The fraction of sp³-hybridized carbons (Fsp3) is 0.462. The van der Waals surface area contributed by atoms with Gasteiger partial charge in [0.15, 0.2) is 0 Å². The van der Waals surface area contributed by atoms with Gasteiger partial charge in [-0.1, -0.05) is 11.6 Å². The van der Waals surface area contributed by atoms with E-state index < -0.39 is 0 Å². The number of carbonyl (C=O) groups excluding carboxylic acids is 1. The summed E-state index contributed by atoms with van der Waals surface area (Å²) < 4.78 is 5.10. The molecule has 0 spiro atoms. The molecule has 0 fully saturated rings. The highest BCUT2D eigenvalue weighted by Crippen LogP contribution is 2.26. The van der Waals surface area contributed by atoms with Crippen molar-refractivity contribution in [3.8, 4) is 5.75 Å². The molecule has 0 aliphatic heterocycles. The van der Waals surface area contributed by atoms with Crippen molar-refractivity contribution in [2.45, 2.75) is 26.3 Å². The predicted octanol–water partition coefficient (Wildman–Crippen LogP) is 2.68. The number of methoxy groups -OCH3 is 1. The van der Waals surface area contributed by atoms with Crippen LogP contribution in [0.4, 0.5) is 5.69 Å². The van der Waals surface area contributed by atoms with Crippen LogP contribution in [0.5, 0.6) is 5.75 Å². The molecule has 0 aliphatic carbocycles. The number of anilines is 1. The molecular weight excluding hydrogens is 252 g/mol. The van der Waals surface area contributed by atoms with E-state index in [0.717, 1.165) is 0 Å². The molecule has 0 aliphatic rings. The summed E-state index contributed by atoms with van der Waals surface area (Å²) in [5.74, 6) is 0.611. The van der Waals surface area contributed by atoms with Gasteiger partial charge < -0.3 is 15.4 Å². The first-order valence-electron chi connectivity index (χ1n) is 5.70. The summed E-state index contributed by atoms with van der Waals surface area (Å²) in [7, 11) is 1.58. The molecule has 100 valence electrons. The van der Waals surface area contributed by atoms with Crippen molar-refractivity contribution >= 4 is 23.2 Å². The molecule has 0 unspecified atom stereocenters. The van der Waals surface area contributed by atoms with E-state index in [2.05, 4.69) is 10.6 Å². The van der Waals surface area contributed by atoms with E-state index >= 15 is 0 Å². The minimum absolute atomic E-state index is 0.0820. The number of nitrogens with one attached hydrogen (secondary N) is 2. The first kappa shape index (κ1) is 14.6. The summed E-state index contributed by atoms with van der Waals surface area (Å²) in [6, 6.07) is 5.25. The van der Waals surface area contributed by atoms with Crippen molar-refractivity contribution in [3.63, 3.8) is 0 Å². The highest BCUT2D eigenvalue weighted by molar-refractivity contribution is 6.33. The third-order valence-electron chi connectivity index (χ3n) is 2.13. The van der Waals surface area contributed by atoms with Crippen LogP contribution in [0.3, 0.4) is 0 Å². The Bertz CT molecular complexity index is 427. The Morgan fingerprint density at radius 1 is 1.39 bits per heavy atom. The quantitative estimate of drug-likeness (QED) is 0.884. The Morgan fingerprint density at radius 3 is 2.61 bits per heavy atom. The maximum atomic E-state index is 11.6. The van der Waals surface area contributed by atoms with Gasteiger partial charge in [0.05, 0.1) is 24.4 Å². The molecule has 1 amide bonds. The van der Waals surface area contributed by atoms with Gasteiger partial charge in [-0.2, -0.15) is 0 Å². The number of amides is 1. The third-order valence-corrected chi connectivity index (χ3v) is 2.46. The summed E-state index contributed by atoms with van der Waals surface area (Å²) in [5, 5.41) is 6.40. The van der Waals surface area contributed by atoms with Gasteiger partial charge in [-0.15, -0.1) is 0 Å². The van der Waals surface area contributed by atoms with Crippen LogP contribution in [0.15, 0.2) is 18.2 Å². The van der Waals surface area contributed by atoms with Crippen LogP contribution in [0.1, 0.15) is 20.8 Å². The van der Waals surface area contributed by atoms with Gasteiger partial charge in [-0.05, 0) is 32.9 Å². The van der Waals surface area contributed by atoms with Gasteiger partial charge >= 0.3 is 0 Å². The number of carbonyl (C=O) groups is 1. The average Bonchev–Trinajstić information content (AvgIpc) is 2.25. The summed E-state index contributed by atoms with van der Waals surface area (Å²) >= 11 is 6.02. The Balaban J connectivity index is 2.60. The minimum Gasteiger partial charge on any atom is -0.497 e. The lowest BCUT2D eigenvalue weighted by Crippen LogP contribution is -2.43. The summed E-state index contributed by atoms with van der Waals surface area (Å²) in [6.07, 6.45) is 0. The lowest BCUT2D eigenvalue weighted by Gasteiger charge is -2.21. The lowest BCUT2D eigenvalue weighted by molar-refractivity contribution is -0.120. The van der Waals surface area contributed by atoms with Gasteiger partial charge in [0.2, 0.25) is 5.91 Å². The molecule has 0 saturated heterocycles. The topological polar surface area (TPSA) is 50.4 Å². The molecule has 5 heteroatoms. The normalized spacial score (nSPS) is 10.9. The van der Waals surface area contributed by atoms with Crippen molar-refractivity contribution in [2.24, 2.45) is 0 Å². The molecule has 18 heavy (non-hydrogen) atoms. The Hall–Kier alpha value is -1.42. The number of hydrogen-bond donors (Lipinski definition) is 2. The molecule has 0 atom stereocenters. The largest absolute Gasteiger partial charge is 0.497 e. The van der Waals surface area contributed by atoms with Crippen molar-refractivity contribution < 1.29 is 9.53 Å². The molecule has 0 bridgehead atoms. The second-order valence-corrected chi connectivity index (χ2v) is 5.40. The summed E-state index contributed by atoms with van der Waals surface area (Å²) in [5.41, 5.74) is 0.441. The number of benzene rings is 1. The van der Waals surface area contributed by atoms with Crippen LogP contribution in [0.2, 0.25) is 5.02 Å². The second-order valence-electron chi connectivity index (χ2n) is 5.00. The molecule has 1 aromatic carbocycles. The molecular formula is C13H19ClN2O2. The average molecular weight is 271 g/mol. The Labute approximate surface area is 113 Å². The minimum atomic E-state index is -0.239. The van der Waals surface area contributed by atoms with Gasteiger partial charge in [-0.25, -0.2) is 0 Å². The molecule has 0 saturated carbocycles. The van der Waals surface area contributed by atoms with Crippen LogP contribution in [0.25, 0.3) is 0 Å². The second kappa shape index (κ2) is 5.96. The van der Waals surface area contributed by atoms with E-state index in [0.29, 0.717) is 16.5 Å². The van der Waals surface area contributed by atoms with Crippen molar-refractivity contribution in [3.05, 3.63) is 23.2 Å². The molecule has 0 radical (unpaired) electrons. The van der Waals surface area contributed by atoms with Gasteiger partial charge in [0.1, 0.15) is 5.75 Å². The summed E-state index contributed by atoms with van der Waals surface area (Å²) in [6.45, 7) is 5.97. The fourth-order valence-electron chi connectivity index (χ4n) is 1.40. The van der Waals surface area contributed by atoms with E-state index in [1.165, 1.54) is 0 Å². The molecule has 2 N–H and O–H groups in total. The lowest BCUT2D eigenvalue weighted by atomic mass is 10.1. The van der Waals surface area contributed by atoms with Gasteiger partial charge in [0, 0.05) is 11.6 Å². The zero-order valence-electron chi connectivity index (χ0n) is 11.1. The summed E-state index contributed by atoms with van der Waals surface area (Å²) in [4.78, 5) is 11.6. The third kappa shape index (κ3) is 4.84. The monoisotopic (exact) mass is 270 g/mol. The van der Waals surface area contributed by atoms with Gasteiger partial charge in [0.25, 0.3) is 0 Å². The smallest absolute Gasteiger partial charge is 0.239 e. The first-order chi connectivity index (χ1) is 8.31. The highest BCUT2D eigenvalue weighted by atomic mass is 35.5. The van der Waals surface area contributed by atoms with E-state index in [-0.39, 0.29) is 18.0 Å². The maximum Gasteiger partial charge on any atom is 0.239 e. The number of ether oxygens (including phenoxy) is 1. The number of hydrogen-bond acceptors (Lipinski definition) is 3. The molecule has 1 rings (SSSR count). The van der Waals surface area contributed by atoms with Gasteiger partial charge in [-0.3, -0.25) is 4.79 Å². The maximum absolute atomic E-state index is 11.6. The van der Waals surface area contributed by atoms with Crippen LogP contribution in [-0.4, -0.2) is 25.1 Å². The van der Waals surface area contributed by atoms with E-state index in [4.69, 9.17) is 16.3 Å². The van der Waals surface area contributed by atoms with Crippen LogP contribution < -0.4 is 15.4 Å². The first-order valence-corrected chi connectivity index (χ1v) is 6.08. The number of halogens is 1.